The van der Waals surface area contributed by atoms with E-state index in [1.807, 2.05) is 20.8 Å². The van der Waals surface area contributed by atoms with Crippen LogP contribution in [0.25, 0.3) is 0 Å². The summed E-state index contributed by atoms with van der Waals surface area (Å²) in [7, 11) is 0. The van der Waals surface area contributed by atoms with E-state index in [4.69, 9.17) is 11.6 Å². The second-order valence-electron chi connectivity index (χ2n) is 2.91. The third-order valence-electron chi connectivity index (χ3n) is 1.26. The molecule has 1 nitrogen and oxygen atoms in total. The van der Waals surface area contributed by atoms with Crippen LogP contribution in [0.2, 0.25) is 0 Å². The summed E-state index contributed by atoms with van der Waals surface area (Å²) in [6.07, 6.45) is 0.892. The molecule has 3 heteroatoms. The zero-order valence-corrected chi connectivity index (χ0v) is 9.83. The average molecular weight is 241 g/mol. The van der Waals surface area contributed by atoms with E-state index in [2.05, 4.69) is 27.8 Å². The van der Waals surface area contributed by atoms with Crippen LogP contribution in [0.1, 0.15) is 34.1 Å². The van der Waals surface area contributed by atoms with E-state index in [1.54, 1.807) is 0 Å². The molecule has 0 spiro atoms. The van der Waals surface area contributed by atoms with Gasteiger partial charge in [-0.2, -0.15) is 0 Å². The first-order valence-corrected chi connectivity index (χ1v) is 5.00. The molecule has 0 aliphatic heterocycles. The lowest BCUT2D eigenvalue weighted by molar-refractivity contribution is 0.822. The highest BCUT2D eigenvalue weighted by Crippen LogP contribution is 2.26. The second kappa shape index (κ2) is 4.46. The molecule has 0 aliphatic carbocycles. The largest absolute Gasteiger partial charge is 0.289 e. The molecular formula is C8H15BrClN. The third-order valence-corrected chi connectivity index (χ3v) is 1.93. The minimum atomic E-state index is -0.466. The molecule has 0 saturated carbocycles. The van der Waals surface area contributed by atoms with E-state index in [0.29, 0.717) is 6.04 Å². The van der Waals surface area contributed by atoms with Gasteiger partial charge in [-0.05, 0) is 27.2 Å². The van der Waals surface area contributed by atoms with Crippen molar-refractivity contribution in [2.24, 2.45) is 4.99 Å². The molecule has 0 aromatic rings. The Labute approximate surface area is 82.4 Å². The fourth-order valence-electron chi connectivity index (χ4n) is 0.827. The maximum atomic E-state index is 6.03. The van der Waals surface area contributed by atoms with Crippen LogP contribution in [-0.2, 0) is 0 Å². The van der Waals surface area contributed by atoms with Gasteiger partial charge in [0.05, 0.1) is 0 Å². The van der Waals surface area contributed by atoms with E-state index < -0.39 is 3.78 Å². The van der Waals surface area contributed by atoms with Gasteiger partial charge < -0.3 is 0 Å². The molecule has 1 unspecified atom stereocenters. The van der Waals surface area contributed by atoms with Gasteiger partial charge in [0, 0.05) is 11.8 Å². The Hall–Kier alpha value is 0.440. The molecule has 0 N–H and O–H groups in total. The van der Waals surface area contributed by atoms with Crippen LogP contribution in [0, 0.1) is 0 Å². The van der Waals surface area contributed by atoms with Crippen molar-refractivity contribution in [3.63, 3.8) is 0 Å². The first-order valence-electron chi connectivity index (χ1n) is 3.83. The summed E-state index contributed by atoms with van der Waals surface area (Å²) in [5, 5.41) is 0. The van der Waals surface area contributed by atoms with E-state index in [1.165, 1.54) is 0 Å². The van der Waals surface area contributed by atoms with Crippen LogP contribution in [0.3, 0.4) is 0 Å². The normalized spacial score (nSPS) is 18.6. The molecule has 0 aliphatic rings. The zero-order chi connectivity index (χ0) is 9.07. The molecule has 0 heterocycles. The highest BCUT2D eigenvalue weighted by atomic mass is 79.9. The molecule has 0 aromatic carbocycles. The smallest absolute Gasteiger partial charge is 0.134 e. The number of rotatable bonds is 3. The number of aliphatic imine (C=N–C) groups is 1. The Bertz CT molecular complexity index is 147. The average Bonchev–Trinajstić information content (AvgIpc) is 1.79. The summed E-state index contributed by atoms with van der Waals surface area (Å²) >= 11 is 9.40. The standard InChI is InChI=1S/C8H15BrClN/c1-5-7(8(4,9)10)11-6(2)3/h6H,5H2,1-4H3. The summed E-state index contributed by atoms with van der Waals surface area (Å²) < 4.78 is -0.466. The van der Waals surface area contributed by atoms with E-state index in [9.17, 15) is 0 Å². The van der Waals surface area contributed by atoms with Gasteiger partial charge in [-0.25, -0.2) is 0 Å². The Morgan fingerprint density at radius 3 is 2.18 bits per heavy atom. The maximum absolute atomic E-state index is 6.03. The van der Waals surface area contributed by atoms with Crippen molar-refractivity contribution in [1.82, 2.24) is 0 Å². The molecule has 0 fully saturated rings. The topological polar surface area (TPSA) is 12.4 Å². The van der Waals surface area contributed by atoms with Gasteiger partial charge in [-0.1, -0.05) is 22.9 Å². The Morgan fingerprint density at radius 1 is 1.64 bits per heavy atom. The van der Waals surface area contributed by atoms with Crippen molar-refractivity contribution < 1.29 is 0 Å². The molecule has 66 valence electrons. The van der Waals surface area contributed by atoms with Crippen molar-refractivity contribution in [3.05, 3.63) is 0 Å². The van der Waals surface area contributed by atoms with Crippen molar-refractivity contribution in [1.29, 1.82) is 0 Å². The predicted octanol–water partition coefficient (Wildman–Crippen LogP) is 3.60. The number of nitrogens with zero attached hydrogens (tertiary/aromatic N) is 1. The number of halogens is 2. The molecule has 0 bridgehead atoms. The first kappa shape index (κ1) is 11.4. The van der Waals surface area contributed by atoms with Gasteiger partial charge >= 0.3 is 0 Å². The highest BCUT2D eigenvalue weighted by molar-refractivity contribution is 9.10. The molecule has 0 radical (unpaired) electrons. The summed E-state index contributed by atoms with van der Waals surface area (Å²) in [6, 6.07) is 0.320. The van der Waals surface area contributed by atoms with Crippen LogP contribution in [0.15, 0.2) is 4.99 Å². The lowest BCUT2D eigenvalue weighted by atomic mass is 10.2. The summed E-state index contributed by atoms with van der Waals surface area (Å²) in [4.78, 5) is 4.40. The number of hydrogen-bond acceptors (Lipinski definition) is 1. The van der Waals surface area contributed by atoms with E-state index in [0.717, 1.165) is 12.1 Å². The van der Waals surface area contributed by atoms with E-state index >= 15 is 0 Å². The van der Waals surface area contributed by atoms with Crippen LogP contribution >= 0.6 is 27.5 Å². The van der Waals surface area contributed by atoms with Crippen molar-refractivity contribution in [2.75, 3.05) is 0 Å². The summed E-state index contributed by atoms with van der Waals surface area (Å²) in [5.74, 6) is 0. The third kappa shape index (κ3) is 4.81. The lowest BCUT2D eigenvalue weighted by Gasteiger charge is -2.16. The van der Waals surface area contributed by atoms with Crippen LogP contribution in [0.5, 0.6) is 0 Å². The predicted molar refractivity (Wildman–Crippen MR) is 56.0 cm³/mol. The summed E-state index contributed by atoms with van der Waals surface area (Å²) in [6.45, 7) is 8.05. The molecule has 0 saturated heterocycles. The molecule has 0 aromatic heterocycles. The van der Waals surface area contributed by atoms with Gasteiger partial charge in [0.1, 0.15) is 3.78 Å². The Balaban J connectivity index is 4.41. The van der Waals surface area contributed by atoms with Gasteiger partial charge in [0.2, 0.25) is 0 Å². The van der Waals surface area contributed by atoms with Crippen LogP contribution < -0.4 is 0 Å². The Morgan fingerprint density at radius 2 is 2.09 bits per heavy atom. The molecule has 0 amide bonds. The zero-order valence-electron chi connectivity index (χ0n) is 7.49. The fourth-order valence-corrected chi connectivity index (χ4v) is 1.39. The van der Waals surface area contributed by atoms with Gasteiger partial charge in [0.15, 0.2) is 0 Å². The van der Waals surface area contributed by atoms with Crippen LogP contribution in [-0.4, -0.2) is 15.5 Å². The maximum Gasteiger partial charge on any atom is 0.134 e. The lowest BCUT2D eigenvalue weighted by Crippen LogP contribution is -2.21. The minimum absolute atomic E-state index is 0.320. The number of alkyl halides is 2. The fraction of sp³-hybridized carbons (Fsp3) is 0.875. The SMILES string of the molecule is CCC(=NC(C)C)C(C)(Cl)Br. The highest BCUT2D eigenvalue weighted by Gasteiger charge is 2.22. The molecular weight excluding hydrogens is 225 g/mol. The Kier molecular flexibility index (Phi) is 4.64. The number of hydrogen-bond donors (Lipinski definition) is 0. The van der Waals surface area contributed by atoms with Crippen molar-refractivity contribution >= 4 is 33.2 Å². The molecule has 0 rings (SSSR count). The van der Waals surface area contributed by atoms with Gasteiger partial charge in [0.25, 0.3) is 0 Å². The quantitative estimate of drug-likeness (QED) is 0.528. The molecule has 1 atom stereocenters. The van der Waals surface area contributed by atoms with Crippen LogP contribution in [0.4, 0.5) is 0 Å². The first-order chi connectivity index (χ1) is 4.88. The van der Waals surface area contributed by atoms with Crippen molar-refractivity contribution in [2.45, 2.75) is 43.9 Å². The van der Waals surface area contributed by atoms with Crippen molar-refractivity contribution in [3.8, 4) is 0 Å². The summed E-state index contributed by atoms with van der Waals surface area (Å²) in [5.41, 5.74) is 1.01. The molecule has 11 heavy (non-hydrogen) atoms. The minimum Gasteiger partial charge on any atom is -0.289 e. The van der Waals surface area contributed by atoms with Gasteiger partial charge in [-0.15, -0.1) is 11.6 Å². The second-order valence-corrected chi connectivity index (χ2v) is 5.71. The van der Waals surface area contributed by atoms with Gasteiger partial charge in [-0.3, -0.25) is 4.99 Å². The van der Waals surface area contributed by atoms with E-state index in [-0.39, 0.29) is 0 Å². The monoisotopic (exact) mass is 239 g/mol.